The molecule has 1 saturated heterocycles. The van der Waals surface area contributed by atoms with Crippen molar-refractivity contribution in [2.24, 2.45) is 0 Å². The first-order valence-corrected chi connectivity index (χ1v) is 10.3. The molecule has 0 bridgehead atoms. The van der Waals surface area contributed by atoms with Crippen LogP contribution in [-0.2, 0) is 16.0 Å². The number of carbonyl (C=O) groups excluding carboxylic acids is 2. The van der Waals surface area contributed by atoms with Crippen LogP contribution in [0.25, 0.3) is 21.9 Å². The number of hydrogen-bond donors (Lipinski definition) is 1. The summed E-state index contributed by atoms with van der Waals surface area (Å²) >= 11 is 0. The molecule has 2 amide bonds. The summed E-state index contributed by atoms with van der Waals surface area (Å²) in [4.78, 5) is 25.7. The van der Waals surface area contributed by atoms with Crippen LogP contribution in [-0.4, -0.2) is 57.7 Å². The Morgan fingerprint density at radius 2 is 1.56 bits per heavy atom. The lowest BCUT2D eigenvalue weighted by Gasteiger charge is -2.14. The first kappa shape index (κ1) is 21.5. The standard InChI is InChI=1S/C25H26N2O5/c1-26-25(29)20-14-27(20)23(28)10-15-5-6-17-11-18(8-7-16(17)9-15)19-12-21(30-2)24(32-4)22(13-19)31-3/h5-9,11-13,20H,10,14H2,1-4H3,(H,26,29)/t20-,27?/m0/s1. The van der Waals surface area contributed by atoms with E-state index in [1.54, 1.807) is 33.3 Å². The summed E-state index contributed by atoms with van der Waals surface area (Å²) in [6.45, 7) is 0.490. The molecular weight excluding hydrogens is 408 g/mol. The van der Waals surface area contributed by atoms with Gasteiger partial charge in [0.25, 0.3) is 0 Å². The summed E-state index contributed by atoms with van der Waals surface area (Å²) in [6.07, 6.45) is 0.276. The Labute approximate surface area is 186 Å². The SMILES string of the molecule is CNC(=O)[C@@H]1CN1C(=O)Cc1ccc2cc(-c3cc(OC)c(OC)c(OC)c3)ccc2c1. The van der Waals surface area contributed by atoms with E-state index < -0.39 is 0 Å². The molecule has 0 unspecified atom stereocenters. The van der Waals surface area contributed by atoms with Crippen molar-refractivity contribution in [2.45, 2.75) is 12.5 Å². The first-order valence-electron chi connectivity index (χ1n) is 10.3. The lowest BCUT2D eigenvalue weighted by Crippen LogP contribution is -2.28. The van der Waals surface area contributed by atoms with Gasteiger partial charge in [0.1, 0.15) is 6.04 Å². The molecule has 0 spiro atoms. The molecule has 1 heterocycles. The minimum absolute atomic E-state index is 0.0352. The second kappa shape index (κ2) is 8.78. The van der Waals surface area contributed by atoms with E-state index in [4.69, 9.17) is 14.2 Å². The fourth-order valence-electron chi connectivity index (χ4n) is 3.91. The van der Waals surface area contributed by atoms with Gasteiger partial charge in [0.2, 0.25) is 17.6 Å². The van der Waals surface area contributed by atoms with Crippen LogP contribution in [0, 0.1) is 0 Å². The van der Waals surface area contributed by atoms with Crippen molar-refractivity contribution in [2.75, 3.05) is 34.9 Å². The molecule has 0 aliphatic carbocycles. The Bertz CT molecular complexity index is 1170. The number of nitrogens with zero attached hydrogens (tertiary/aromatic N) is 1. The van der Waals surface area contributed by atoms with Crippen molar-refractivity contribution < 1.29 is 23.8 Å². The Hall–Kier alpha value is -3.74. The number of nitrogens with one attached hydrogen (secondary N) is 1. The molecule has 0 aromatic heterocycles. The van der Waals surface area contributed by atoms with E-state index in [0.717, 1.165) is 27.5 Å². The third-order valence-corrected chi connectivity index (χ3v) is 5.74. The maximum atomic E-state index is 12.5. The number of carbonyl (C=O) groups is 2. The van der Waals surface area contributed by atoms with E-state index in [1.807, 2.05) is 42.5 Å². The number of fused-ring (bicyclic) bond motifs is 1. The van der Waals surface area contributed by atoms with Crippen LogP contribution < -0.4 is 19.5 Å². The van der Waals surface area contributed by atoms with Gasteiger partial charge in [-0.25, -0.2) is 0 Å². The van der Waals surface area contributed by atoms with E-state index in [-0.39, 0.29) is 24.3 Å². The summed E-state index contributed by atoms with van der Waals surface area (Å²) in [5, 5.41) is 4.68. The van der Waals surface area contributed by atoms with E-state index in [0.29, 0.717) is 23.8 Å². The number of amides is 2. The maximum Gasteiger partial charge on any atom is 0.244 e. The number of hydrogen-bond acceptors (Lipinski definition) is 5. The fourth-order valence-corrected chi connectivity index (χ4v) is 3.91. The molecule has 1 aliphatic rings. The highest BCUT2D eigenvalue weighted by Gasteiger charge is 2.43. The van der Waals surface area contributed by atoms with Crippen molar-refractivity contribution in [1.82, 2.24) is 10.2 Å². The lowest BCUT2D eigenvalue weighted by atomic mass is 9.98. The Morgan fingerprint density at radius 3 is 2.19 bits per heavy atom. The van der Waals surface area contributed by atoms with Crippen molar-refractivity contribution in [3.8, 4) is 28.4 Å². The molecule has 1 fully saturated rings. The normalized spacial score (nSPS) is 14.8. The predicted octanol–water partition coefficient (Wildman–Crippen LogP) is 3.03. The Balaban J connectivity index is 1.57. The maximum absolute atomic E-state index is 12.5. The van der Waals surface area contributed by atoms with Gasteiger partial charge in [-0.3, -0.25) is 9.59 Å². The van der Waals surface area contributed by atoms with Gasteiger partial charge in [-0.2, -0.15) is 0 Å². The summed E-state index contributed by atoms with van der Waals surface area (Å²) in [5.41, 5.74) is 2.88. The van der Waals surface area contributed by atoms with Gasteiger partial charge < -0.3 is 24.4 Å². The topological polar surface area (TPSA) is 76.9 Å². The predicted molar refractivity (Wildman–Crippen MR) is 122 cm³/mol. The third-order valence-electron chi connectivity index (χ3n) is 5.74. The van der Waals surface area contributed by atoms with Crippen molar-refractivity contribution in [3.63, 3.8) is 0 Å². The number of likely N-dealkylation sites (N-methyl/N-ethyl adjacent to an activating group) is 1. The largest absolute Gasteiger partial charge is 0.493 e. The van der Waals surface area contributed by atoms with Crippen LogP contribution in [0.1, 0.15) is 5.56 Å². The average molecular weight is 434 g/mol. The minimum atomic E-state index is -0.325. The molecular formula is C25H26N2O5. The molecule has 166 valence electrons. The fraction of sp³-hybridized carbons (Fsp3) is 0.280. The number of ether oxygens (including phenoxy) is 3. The van der Waals surface area contributed by atoms with Gasteiger partial charge in [-0.15, -0.1) is 0 Å². The van der Waals surface area contributed by atoms with Crippen molar-refractivity contribution in [1.29, 1.82) is 0 Å². The average Bonchev–Trinajstić information content (AvgIpc) is 3.63. The second-order valence-electron chi connectivity index (χ2n) is 7.66. The van der Waals surface area contributed by atoms with Gasteiger partial charge in [0.05, 0.1) is 34.3 Å². The van der Waals surface area contributed by atoms with Crippen molar-refractivity contribution >= 4 is 22.6 Å². The highest BCUT2D eigenvalue weighted by Crippen LogP contribution is 2.41. The van der Waals surface area contributed by atoms with Crippen LogP contribution in [0.3, 0.4) is 0 Å². The molecule has 3 aromatic rings. The number of rotatable bonds is 7. The summed E-state index contributed by atoms with van der Waals surface area (Å²) in [6, 6.07) is 15.7. The zero-order valence-electron chi connectivity index (χ0n) is 18.6. The molecule has 0 radical (unpaired) electrons. The van der Waals surface area contributed by atoms with Crippen LogP contribution in [0.15, 0.2) is 48.5 Å². The van der Waals surface area contributed by atoms with Crippen molar-refractivity contribution in [3.05, 3.63) is 54.1 Å². The van der Waals surface area contributed by atoms with E-state index in [1.165, 1.54) is 0 Å². The molecule has 7 heteroatoms. The highest BCUT2D eigenvalue weighted by molar-refractivity contribution is 5.94. The van der Waals surface area contributed by atoms with Crippen LogP contribution in [0.4, 0.5) is 0 Å². The van der Waals surface area contributed by atoms with E-state index in [9.17, 15) is 9.59 Å². The van der Waals surface area contributed by atoms with E-state index >= 15 is 0 Å². The first-order chi connectivity index (χ1) is 15.5. The summed E-state index contributed by atoms with van der Waals surface area (Å²) in [7, 11) is 6.36. The molecule has 1 atom stereocenters. The molecule has 0 saturated carbocycles. The van der Waals surface area contributed by atoms with E-state index in [2.05, 4.69) is 11.4 Å². The zero-order chi connectivity index (χ0) is 22.8. The van der Waals surface area contributed by atoms with Crippen LogP contribution in [0.2, 0.25) is 0 Å². The third kappa shape index (κ3) is 4.06. The molecule has 3 aromatic carbocycles. The van der Waals surface area contributed by atoms with Gasteiger partial charge in [0, 0.05) is 7.05 Å². The summed E-state index contributed by atoms with van der Waals surface area (Å²) in [5.74, 6) is 1.60. The van der Waals surface area contributed by atoms with Crippen LogP contribution in [0.5, 0.6) is 17.2 Å². The van der Waals surface area contributed by atoms with Gasteiger partial charge in [0.15, 0.2) is 11.5 Å². The highest BCUT2D eigenvalue weighted by atomic mass is 16.5. The minimum Gasteiger partial charge on any atom is -0.493 e. The molecule has 1 aliphatic heterocycles. The van der Waals surface area contributed by atoms with Gasteiger partial charge in [-0.05, 0) is 45.7 Å². The Kier molecular flexibility index (Phi) is 5.90. The number of benzene rings is 3. The quantitative estimate of drug-likeness (QED) is 0.579. The zero-order valence-corrected chi connectivity index (χ0v) is 18.6. The second-order valence-corrected chi connectivity index (χ2v) is 7.66. The molecule has 4 rings (SSSR count). The molecule has 32 heavy (non-hydrogen) atoms. The van der Waals surface area contributed by atoms with Crippen LogP contribution >= 0.6 is 0 Å². The summed E-state index contributed by atoms with van der Waals surface area (Å²) < 4.78 is 16.3. The molecule has 7 nitrogen and oxygen atoms in total. The molecule has 1 N–H and O–H groups in total. The number of methoxy groups -OCH3 is 3. The van der Waals surface area contributed by atoms with Gasteiger partial charge >= 0.3 is 0 Å². The Morgan fingerprint density at radius 1 is 0.906 bits per heavy atom. The smallest absolute Gasteiger partial charge is 0.244 e. The monoisotopic (exact) mass is 434 g/mol. The van der Waals surface area contributed by atoms with Gasteiger partial charge in [-0.1, -0.05) is 30.3 Å². The lowest BCUT2D eigenvalue weighted by molar-refractivity contribution is -0.129.